The maximum absolute atomic E-state index is 14.2. The molecular formula is C41H48F2N4O5. The molecule has 9 nitrogen and oxygen atoms in total. The fourth-order valence-electron chi connectivity index (χ4n) is 5.77. The quantitative estimate of drug-likeness (QED) is 0.0740. The van der Waals surface area contributed by atoms with Gasteiger partial charge in [-0.05, 0) is 85.3 Å². The third-order valence-corrected chi connectivity index (χ3v) is 8.39. The van der Waals surface area contributed by atoms with Gasteiger partial charge in [0, 0.05) is 48.9 Å². The van der Waals surface area contributed by atoms with Crippen molar-refractivity contribution in [3.05, 3.63) is 136 Å². The molecular weight excluding hydrogens is 666 g/mol. The molecule has 0 spiro atoms. The van der Waals surface area contributed by atoms with Crippen LogP contribution >= 0.6 is 0 Å². The minimum atomic E-state index is -1.16. The minimum Gasteiger partial charge on any atom is -0.497 e. The average Bonchev–Trinajstić information content (AvgIpc) is 3.14. The number of carbonyl (C=O) groups is 2. The second-order valence-electron chi connectivity index (χ2n) is 12.6. The summed E-state index contributed by atoms with van der Waals surface area (Å²) < 4.78 is 33.7. The summed E-state index contributed by atoms with van der Waals surface area (Å²) in [4.78, 5) is 35.2. The topological polar surface area (TPSA) is 112 Å². The van der Waals surface area contributed by atoms with E-state index in [1.807, 2.05) is 68.4 Å². The summed E-state index contributed by atoms with van der Waals surface area (Å²) in [5, 5.41) is 21.7. The van der Waals surface area contributed by atoms with Crippen LogP contribution in [0.4, 0.5) is 8.78 Å². The van der Waals surface area contributed by atoms with Gasteiger partial charge in [-0.25, -0.2) is 8.78 Å². The van der Waals surface area contributed by atoms with Crippen LogP contribution in [0.25, 0.3) is 0 Å². The Morgan fingerprint density at radius 1 is 0.827 bits per heavy atom. The predicted octanol–water partition coefficient (Wildman–Crippen LogP) is 6.67. The SMILES string of the molecule is CCCN(CCC)C(=O)c1cc(C(=O)N[C@@H](Cc2cc(F)cc(F)c2)[C@H](O)CNCc2cccc(OC)c2)cc(/C(C)=N\OCc2ccccc2)c1. The van der Waals surface area contributed by atoms with E-state index in [0.29, 0.717) is 42.2 Å². The number of hydrogen-bond donors (Lipinski definition) is 3. The van der Waals surface area contributed by atoms with Gasteiger partial charge in [-0.15, -0.1) is 0 Å². The molecule has 0 aliphatic heterocycles. The molecule has 0 aromatic heterocycles. The standard InChI is InChI=1S/C41H48F2N4O5/c1-5-15-47(16-6-2)41(50)34-22-32(28(3)46-52-27-29-11-8-7-9-12-29)21-33(23-34)40(49)45-38(20-31-17-35(42)24-36(43)18-31)39(48)26-44-25-30-13-10-14-37(19-30)51-4/h7-14,17-19,21-24,38-39,44,48H,5-6,15-16,20,25-27H2,1-4H3,(H,45,49)/b46-28-/t38-,39+/m0/s1. The van der Waals surface area contributed by atoms with Gasteiger partial charge in [-0.1, -0.05) is 61.5 Å². The Morgan fingerprint density at radius 2 is 1.48 bits per heavy atom. The maximum atomic E-state index is 14.2. The Hall–Kier alpha value is -5.13. The van der Waals surface area contributed by atoms with E-state index < -0.39 is 29.7 Å². The molecule has 0 saturated heterocycles. The number of aliphatic hydroxyl groups excluding tert-OH is 1. The van der Waals surface area contributed by atoms with E-state index in [9.17, 15) is 23.5 Å². The number of ether oxygens (including phenoxy) is 1. The van der Waals surface area contributed by atoms with Gasteiger partial charge in [0.25, 0.3) is 11.8 Å². The molecule has 0 saturated carbocycles. The smallest absolute Gasteiger partial charge is 0.253 e. The first kappa shape index (κ1) is 39.7. The van der Waals surface area contributed by atoms with Crippen molar-refractivity contribution in [3.63, 3.8) is 0 Å². The van der Waals surface area contributed by atoms with Gasteiger partial charge in [0.1, 0.15) is 24.0 Å². The number of halogens is 2. The van der Waals surface area contributed by atoms with Crippen molar-refractivity contribution in [1.82, 2.24) is 15.5 Å². The van der Waals surface area contributed by atoms with Gasteiger partial charge >= 0.3 is 0 Å². The average molecular weight is 715 g/mol. The normalized spacial score (nSPS) is 12.6. The number of amides is 2. The molecule has 52 heavy (non-hydrogen) atoms. The zero-order valence-electron chi connectivity index (χ0n) is 30.2. The number of methoxy groups -OCH3 is 1. The Balaban J connectivity index is 1.62. The van der Waals surface area contributed by atoms with E-state index in [-0.39, 0.29) is 36.6 Å². The lowest BCUT2D eigenvalue weighted by atomic mass is 9.98. The van der Waals surface area contributed by atoms with Crippen molar-refractivity contribution in [3.8, 4) is 5.75 Å². The van der Waals surface area contributed by atoms with Crippen LogP contribution in [0.2, 0.25) is 0 Å². The van der Waals surface area contributed by atoms with Crippen LogP contribution in [0.15, 0.2) is 96.2 Å². The fraction of sp³-hybridized carbons (Fsp3) is 0.341. The van der Waals surface area contributed by atoms with Crippen LogP contribution in [0.1, 0.15) is 76.6 Å². The molecule has 4 aromatic rings. The summed E-state index contributed by atoms with van der Waals surface area (Å²) in [6.07, 6.45) is 0.296. The molecule has 4 aromatic carbocycles. The van der Waals surface area contributed by atoms with Crippen molar-refractivity contribution >= 4 is 17.5 Å². The molecule has 2 amide bonds. The Labute approximate surface area is 304 Å². The van der Waals surface area contributed by atoms with Gasteiger partial charge in [0.2, 0.25) is 0 Å². The Bertz CT molecular complexity index is 1780. The van der Waals surface area contributed by atoms with Gasteiger partial charge in [-0.2, -0.15) is 0 Å². The lowest BCUT2D eigenvalue weighted by Gasteiger charge is -2.26. The first-order chi connectivity index (χ1) is 25.1. The molecule has 3 N–H and O–H groups in total. The van der Waals surface area contributed by atoms with Crippen LogP contribution in [0.3, 0.4) is 0 Å². The fourth-order valence-corrected chi connectivity index (χ4v) is 5.77. The number of aliphatic hydroxyl groups is 1. The number of oxime groups is 1. The highest BCUT2D eigenvalue weighted by Crippen LogP contribution is 2.18. The largest absolute Gasteiger partial charge is 0.497 e. The second-order valence-corrected chi connectivity index (χ2v) is 12.6. The number of rotatable bonds is 19. The Morgan fingerprint density at radius 3 is 2.15 bits per heavy atom. The molecule has 0 bridgehead atoms. The van der Waals surface area contributed by atoms with Crippen molar-refractivity contribution in [2.75, 3.05) is 26.7 Å². The van der Waals surface area contributed by atoms with Gasteiger partial charge in [-0.3, -0.25) is 9.59 Å². The highest BCUT2D eigenvalue weighted by Gasteiger charge is 2.25. The highest BCUT2D eigenvalue weighted by atomic mass is 19.1. The van der Waals surface area contributed by atoms with E-state index in [4.69, 9.17) is 9.57 Å². The molecule has 11 heteroatoms. The van der Waals surface area contributed by atoms with Crippen molar-refractivity contribution < 1.29 is 33.1 Å². The maximum Gasteiger partial charge on any atom is 0.253 e. The van der Waals surface area contributed by atoms with Crippen molar-refractivity contribution in [2.24, 2.45) is 5.16 Å². The molecule has 0 aliphatic carbocycles. The molecule has 276 valence electrons. The number of nitrogens with one attached hydrogen (secondary N) is 2. The molecule has 0 unspecified atom stereocenters. The van der Waals surface area contributed by atoms with Crippen LogP contribution in [0.5, 0.6) is 5.75 Å². The summed E-state index contributed by atoms with van der Waals surface area (Å²) in [5.74, 6) is -1.66. The first-order valence-corrected chi connectivity index (χ1v) is 17.5. The van der Waals surface area contributed by atoms with Crippen molar-refractivity contribution in [1.29, 1.82) is 0 Å². The van der Waals surface area contributed by atoms with Crippen LogP contribution in [-0.4, -0.2) is 66.4 Å². The van der Waals surface area contributed by atoms with Gasteiger partial charge < -0.3 is 30.2 Å². The predicted molar refractivity (Wildman–Crippen MR) is 198 cm³/mol. The third-order valence-electron chi connectivity index (χ3n) is 8.39. The lowest BCUT2D eigenvalue weighted by Crippen LogP contribution is -2.48. The third kappa shape index (κ3) is 12.0. The molecule has 0 radical (unpaired) electrons. The minimum absolute atomic E-state index is 0.0528. The molecule has 0 heterocycles. The summed E-state index contributed by atoms with van der Waals surface area (Å²) in [6, 6.07) is 23.9. The second kappa shape index (κ2) is 20.0. The highest BCUT2D eigenvalue weighted by molar-refractivity contribution is 6.06. The first-order valence-electron chi connectivity index (χ1n) is 17.5. The van der Waals surface area contributed by atoms with E-state index >= 15 is 0 Å². The Kier molecular flexibility index (Phi) is 15.3. The van der Waals surface area contributed by atoms with Crippen LogP contribution < -0.4 is 15.4 Å². The zero-order valence-corrected chi connectivity index (χ0v) is 30.2. The number of hydrogen-bond acceptors (Lipinski definition) is 7. The lowest BCUT2D eigenvalue weighted by molar-refractivity contribution is 0.0755. The van der Waals surface area contributed by atoms with E-state index in [1.54, 1.807) is 31.1 Å². The summed E-state index contributed by atoms with van der Waals surface area (Å²) in [6.45, 7) is 7.49. The number of nitrogens with zero attached hydrogens (tertiary/aromatic N) is 2. The van der Waals surface area contributed by atoms with E-state index in [1.165, 1.54) is 18.2 Å². The zero-order chi connectivity index (χ0) is 37.5. The number of benzene rings is 4. The van der Waals surface area contributed by atoms with Gasteiger partial charge in [0.05, 0.1) is 25.0 Å². The monoisotopic (exact) mass is 714 g/mol. The van der Waals surface area contributed by atoms with Gasteiger partial charge in [0.15, 0.2) is 0 Å². The van der Waals surface area contributed by atoms with E-state index in [2.05, 4.69) is 15.8 Å². The van der Waals surface area contributed by atoms with Crippen molar-refractivity contribution in [2.45, 2.75) is 65.3 Å². The molecule has 0 aliphatic rings. The molecule has 2 atom stereocenters. The van der Waals surface area contributed by atoms with E-state index in [0.717, 1.165) is 30.0 Å². The molecule has 4 rings (SSSR count). The molecule has 0 fully saturated rings. The summed E-state index contributed by atoms with van der Waals surface area (Å²) >= 11 is 0. The summed E-state index contributed by atoms with van der Waals surface area (Å²) in [5.41, 5.74) is 3.50. The number of carbonyl (C=O) groups excluding carboxylic acids is 2. The van der Waals surface area contributed by atoms with Crippen LogP contribution in [0, 0.1) is 11.6 Å². The summed E-state index contributed by atoms with van der Waals surface area (Å²) in [7, 11) is 1.58. The van der Waals surface area contributed by atoms with Crippen LogP contribution in [-0.2, 0) is 24.4 Å².